The average molecular weight is 361 g/mol. The van der Waals surface area contributed by atoms with E-state index in [1.165, 1.54) is 0 Å². The Bertz CT molecular complexity index is 634. The third-order valence-electron chi connectivity index (χ3n) is 5.64. The van der Waals surface area contributed by atoms with Crippen LogP contribution in [-0.4, -0.2) is 82.9 Å². The number of piperidine rings is 1. The number of amides is 2. The molecule has 2 aliphatic heterocycles. The molecule has 7 nitrogen and oxygen atoms in total. The van der Waals surface area contributed by atoms with Crippen molar-refractivity contribution in [1.29, 1.82) is 0 Å². The second-order valence-corrected chi connectivity index (χ2v) is 7.72. The average Bonchev–Trinajstić information content (AvgIpc) is 3.26. The van der Waals surface area contributed by atoms with Gasteiger partial charge in [-0.25, -0.2) is 4.98 Å². The Morgan fingerprint density at radius 2 is 2.04 bits per heavy atom. The number of nitrogens with zero attached hydrogens (tertiary/aromatic N) is 5. The van der Waals surface area contributed by atoms with E-state index in [9.17, 15) is 9.59 Å². The molecule has 0 unspecified atom stereocenters. The molecule has 3 heterocycles. The normalized spacial score (nSPS) is 21.8. The fourth-order valence-corrected chi connectivity index (χ4v) is 4.04. The van der Waals surface area contributed by atoms with Crippen molar-refractivity contribution in [3.63, 3.8) is 0 Å². The van der Waals surface area contributed by atoms with Crippen LogP contribution in [0.3, 0.4) is 0 Å². The molecule has 0 aromatic carbocycles. The summed E-state index contributed by atoms with van der Waals surface area (Å²) >= 11 is 0. The van der Waals surface area contributed by atoms with Crippen LogP contribution in [0, 0.1) is 5.92 Å². The minimum atomic E-state index is -0.168. The SMILES string of the molecule is CCn1ccnc1C1CCN(C(=O)[C@H]2CC(=O)N(CCN(C)C)C2)CC1. The van der Waals surface area contributed by atoms with Gasteiger partial charge in [-0.3, -0.25) is 9.59 Å². The smallest absolute Gasteiger partial charge is 0.227 e. The number of imidazole rings is 1. The summed E-state index contributed by atoms with van der Waals surface area (Å²) in [5.74, 6) is 1.67. The molecule has 0 spiro atoms. The Kier molecular flexibility index (Phi) is 5.96. The summed E-state index contributed by atoms with van der Waals surface area (Å²) in [6, 6.07) is 0. The van der Waals surface area contributed by atoms with Crippen LogP contribution in [0.4, 0.5) is 0 Å². The third kappa shape index (κ3) is 4.09. The van der Waals surface area contributed by atoms with E-state index < -0.39 is 0 Å². The Labute approximate surface area is 156 Å². The van der Waals surface area contributed by atoms with Crippen LogP contribution < -0.4 is 0 Å². The molecule has 7 heteroatoms. The summed E-state index contributed by atoms with van der Waals surface area (Å²) in [7, 11) is 3.99. The van der Waals surface area contributed by atoms with Crippen LogP contribution >= 0.6 is 0 Å². The number of carbonyl (C=O) groups is 2. The van der Waals surface area contributed by atoms with Crippen molar-refractivity contribution in [3.8, 4) is 0 Å². The molecule has 0 bridgehead atoms. The predicted octanol–water partition coefficient (Wildman–Crippen LogP) is 1.02. The molecule has 0 radical (unpaired) electrons. The molecular formula is C19H31N5O2. The van der Waals surface area contributed by atoms with Crippen molar-refractivity contribution in [2.75, 3.05) is 46.8 Å². The van der Waals surface area contributed by atoms with Gasteiger partial charge >= 0.3 is 0 Å². The summed E-state index contributed by atoms with van der Waals surface area (Å²) in [6.07, 6.45) is 6.16. The molecule has 26 heavy (non-hydrogen) atoms. The first kappa shape index (κ1) is 18.9. The Morgan fingerprint density at radius 1 is 1.31 bits per heavy atom. The molecule has 3 rings (SSSR count). The Hall–Kier alpha value is -1.89. The first-order valence-corrected chi connectivity index (χ1v) is 9.72. The van der Waals surface area contributed by atoms with Crippen LogP contribution in [-0.2, 0) is 16.1 Å². The topological polar surface area (TPSA) is 61.7 Å². The van der Waals surface area contributed by atoms with Gasteiger partial charge in [0, 0.05) is 64.0 Å². The first-order valence-electron chi connectivity index (χ1n) is 9.72. The van der Waals surface area contributed by atoms with Crippen molar-refractivity contribution in [3.05, 3.63) is 18.2 Å². The van der Waals surface area contributed by atoms with Crippen molar-refractivity contribution >= 4 is 11.8 Å². The van der Waals surface area contributed by atoms with Crippen LogP contribution in [0.25, 0.3) is 0 Å². The van der Waals surface area contributed by atoms with Gasteiger partial charge < -0.3 is 19.3 Å². The second-order valence-electron chi connectivity index (χ2n) is 7.72. The summed E-state index contributed by atoms with van der Waals surface area (Å²) in [6.45, 7) is 6.71. The number of rotatable bonds is 6. The molecule has 1 atom stereocenters. The zero-order chi connectivity index (χ0) is 18.7. The van der Waals surface area contributed by atoms with Gasteiger partial charge in [-0.1, -0.05) is 0 Å². The highest BCUT2D eigenvalue weighted by molar-refractivity contribution is 5.89. The lowest BCUT2D eigenvalue weighted by atomic mass is 9.94. The molecule has 2 fully saturated rings. The third-order valence-corrected chi connectivity index (χ3v) is 5.64. The van der Waals surface area contributed by atoms with E-state index in [1.54, 1.807) is 0 Å². The molecule has 144 valence electrons. The number of aryl methyl sites for hydroxylation is 1. The number of carbonyl (C=O) groups excluding carboxylic acids is 2. The minimum absolute atomic E-state index is 0.116. The van der Waals surface area contributed by atoms with Crippen molar-refractivity contribution in [2.45, 2.75) is 38.6 Å². The Morgan fingerprint density at radius 3 is 2.69 bits per heavy atom. The van der Waals surface area contributed by atoms with Crippen molar-refractivity contribution < 1.29 is 9.59 Å². The van der Waals surface area contributed by atoms with Gasteiger partial charge in [-0.05, 0) is 33.9 Å². The molecule has 1 aromatic rings. The Balaban J connectivity index is 1.52. The van der Waals surface area contributed by atoms with E-state index in [0.717, 1.165) is 44.8 Å². The summed E-state index contributed by atoms with van der Waals surface area (Å²) < 4.78 is 2.19. The summed E-state index contributed by atoms with van der Waals surface area (Å²) in [4.78, 5) is 35.4. The van der Waals surface area contributed by atoms with Crippen molar-refractivity contribution in [2.24, 2.45) is 5.92 Å². The lowest BCUT2D eigenvalue weighted by molar-refractivity contribution is -0.136. The van der Waals surface area contributed by atoms with Crippen LogP contribution in [0.15, 0.2) is 12.4 Å². The predicted molar refractivity (Wildman–Crippen MR) is 99.7 cm³/mol. The lowest BCUT2D eigenvalue weighted by Crippen LogP contribution is -2.42. The molecule has 2 aliphatic rings. The van der Waals surface area contributed by atoms with Crippen molar-refractivity contribution in [1.82, 2.24) is 24.3 Å². The van der Waals surface area contributed by atoms with Gasteiger partial charge in [0.05, 0.1) is 5.92 Å². The van der Waals surface area contributed by atoms with E-state index in [4.69, 9.17) is 0 Å². The molecule has 1 aromatic heterocycles. The largest absolute Gasteiger partial charge is 0.342 e. The molecule has 0 aliphatic carbocycles. The molecule has 0 saturated carbocycles. The molecular weight excluding hydrogens is 330 g/mol. The van der Waals surface area contributed by atoms with E-state index in [2.05, 4.69) is 21.4 Å². The van der Waals surface area contributed by atoms with Gasteiger partial charge in [-0.15, -0.1) is 0 Å². The first-order chi connectivity index (χ1) is 12.5. The number of aromatic nitrogens is 2. The summed E-state index contributed by atoms with van der Waals surface area (Å²) in [5, 5.41) is 0. The minimum Gasteiger partial charge on any atom is -0.342 e. The highest BCUT2D eigenvalue weighted by Crippen LogP contribution is 2.29. The van der Waals surface area contributed by atoms with E-state index in [0.29, 0.717) is 25.4 Å². The number of likely N-dealkylation sites (N-methyl/N-ethyl adjacent to an activating group) is 1. The fraction of sp³-hybridized carbons (Fsp3) is 0.737. The van der Waals surface area contributed by atoms with Gasteiger partial charge in [-0.2, -0.15) is 0 Å². The maximum atomic E-state index is 12.9. The molecule has 2 amide bonds. The van der Waals surface area contributed by atoms with Gasteiger partial charge in [0.15, 0.2) is 0 Å². The highest BCUT2D eigenvalue weighted by atomic mass is 16.2. The maximum absolute atomic E-state index is 12.9. The second kappa shape index (κ2) is 8.20. The maximum Gasteiger partial charge on any atom is 0.227 e. The molecule has 2 saturated heterocycles. The number of hydrogen-bond acceptors (Lipinski definition) is 4. The monoisotopic (exact) mass is 361 g/mol. The molecule has 0 N–H and O–H groups in total. The van der Waals surface area contributed by atoms with E-state index in [-0.39, 0.29) is 17.7 Å². The zero-order valence-corrected chi connectivity index (χ0v) is 16.2. The number of likely N-dealkylation sites (tertiary alicyclic amines) is 2. The zero-order valence-electron chi connectivity index (χ0n) is 16.2. The van der Waals surface area contributed by atoms with E-state index >= 15 is 0 Å². The number of hydrogen-bond donors (Lipinski definition) is 0. The lowest BCUT2D eigenvalue weighted by Gasteiger charge is -2.33. The quantitative estimate of drug-likeness (QED) is 0.759. The fourth-order valence-electron chi connectivity index (χ4n) is 4.04. The van der Waals surface area contributed by atoms with Crippen LogP contribution in [0.2, 0.25) is 0 Å². The van der Waals surface area contributed by atoms with Crippen LogP contribution in [0.1, 0.15) is 37.9 Å². The van der Waals surface area contributed by atoms with Gasteiger partial charge in [0.2, 0.25) is 11.8 Å². The van der Waals surface area contributed by atoms with Crippen LogP contribution in [0.5, 0.6) is 0 Å². The van der Waals surface area contributed by atoms with Gasteiger partial charge in [0.1, 0.15) is 5.82 Å². The highest BCUT2D eigenvalue weighted by Gasteiger charge is 2.37. The standard InChI is InChI=1S/C19H31N5O2/c1-4-22-10-7-20-18(22)15-5-8-23(9-6-15)19(26)16-13-17(25)24(14-16)12-11-21(2)3/h7,10,15-16H,4-6,8-9,11-14H2,1-3H3/t16-/m0/s1. The summed E-state index contributed by atoms with van der Waals surface area (Å²) in [5.41, 5.74) is 0. The van der Waals surface area contributed by atoms with Gasteiger partial charge in [0.25, 0.3) is 0 Å². The van der Waals surface area contributed by atoms with E-state index in [1.807, 2.05) is 36.3 Å².